The number of hydrogen-bond donors (Lipinski definition) is 1. The molecule has 2 N–H and O–H groups in total. The highest BCUT2D eigenvalue weighted by Gasteiger charge is 2.13. The number of nitrogen functional groups attached to an aromatic ring is 1. The predicted molar refractivity (Wildman–Crippen MR) is 79.5 cm³/mol. The third-order valence-electron chi connectivity index (χ3n) is 3.16. The van der Waals surface area contributed by atoms with Gasteiger partial charge in [-0.25, -0.2) is 4.39 Å². The minimum atomic E-state index is -0.500. The molecule has 0 fully saturated rings. The molecule has 0 aliphatic carbocycles. The van der Waals surface area contributed by atoms with Crippen molar-refractivity contribution in [2.45, 2.75) is 6.42 Å². The van der Waals surface area contributed by atoms with E-state index in [0.717, 1.165) is 5.69 Å². The maximum atomic E-state index is 14.0. The van der Waals surface area contributed by atoms with Crippen LogP contribution in [0, 0.1) is 5.82 Å². The molecule has 0 atom stereocenters. The van der Waals surface area contributed by atoms with Gasteiger partial charge in [0.2, 0.25) is 0 Å². The standard InChI is InChI=1S/C16H14FN3O/c17-13-10-14(18)12-5-3-8-20-15(12)16(13)21-9-6-11-4-1-2-7-19-11/h1-5,7-8,10H,6,9,18H2. The number of nitrogens with two attached hydrogens (primary N) is 1. The van der Waals surface area contributed by atoms with Crippen LogP contribution in [0.5, 0.6) is 5.75 Å². The first-order chi connectivity index (χ1) is 10.3. The normalized spacial score (nSPS) is 10.7. The summed E-state index contributed by atoms with van der Waals surface area (Å²) in [7, 11) is 0. The van der Waals surface area contributed by atoms with Crippen molar-refractivity contribution in [2.75, 3.05) is 12.3 Å². The lowest BCUT2D eigenvalue weighted by Crippen LogP contribution is -2.05. The summed E-state index contributed by atoms with van der Waals surface area (Å²) in [6.45, 7) is 0.323. The molecule has 3 rings (SSSR count). The van der Waals surface area contributed by atoms with Gasteiger partial charge in [0.25, 0.3) is 0 Å². The smallest absolute Gasteiger partial charge is 0.181 e. The van der Waals surface area contributed by atoms with E-state index in [9.17, 15) is 4.39 Å². The maximum absolute atomic E-state index is 14.0. The zero-order valence-corrected chi connectivity index (χ0v) is 11.3. The first-order valence-electron chi connectivity index (χ1n) is 6.61. The van der Waals surface area contributed by atoms with E-state index < -0.39 is 5.82 Å². The Kier molecular flexibility index (Phi) is 3.64. The fourth-order valence-electron chi connectivity index (χ4n) is 2.15. The van der Waals surface area contributed by atoms with Gasteiger partial charge >= 0.3 is 0 Å². The van der Waals surface area contributed by atoms with Crippen molar-refractivity contribution >= 4 is 16.6 Å². The van der Waals surface area contributed by atoms with Crippen molar-refractivity contribution in [2.24, 2.45) is 0 Å². The van der Waals surface area contributed by atoms with Gasteiger partial charge in [0, 0.05) is 41.6 Å². The summed E-state index contributed by atoms with van der Waals surface area (Å²) in [6.07, 6.45) is 3.90. The molecule has 2 aromatic heterocycles. The number of halogens is 1. The molecule has 0 saturated heterocycles. The second-order valence-electron chi connectivity index (χ2n) is 4.60. The van der Waals surface area contributed by atoms with Crippen LogP contribution in [0.2, 0.25) is 0 Å². The summed E-state index contributed by atoms with van der Waals surface area (Å²) in [5, 5.41) is 0.687. The Bertz CT molecular complexity index is 762. The number of nitrogens with zero attached hydrogens (tertiary/aromatic N) is 2. The Hall–Kier alpha value is -2.69. The van der Waals surface area contributed by atoms with E-state index in [1.165, 1.54) is 6.07 Å². The summed E-state index contributed by atoms with van der Waals surface area (Å²) in [5.74, 6) is -0.365. The lowest BCUT2D eigenvalue weighted by atomic mass is 10.1. The number of hydrogen-bond acceptors (Lipinski definition) is 4. The molecule has 2 heterocycles. The van der Waals surface area contributed by atoms with Gasteiger partial charge in [-0.15, -0.1) is 0 Å². The maximum Gasteiger partial charge on any atom is 0.181 e. The summed E-state index contributed by atoms with van der Waals surface area (Å²) in [4.78, 5) is 8.37. The van der Waals surface area contributed by atoms with E-state index in [0.29, 0.717) is 29.6 Å². The van der Waals surface area contributed by atoms with Crippen molar-refractivity contribution in [1.82, 2.24) is 9.97 Å². The van der Waals surface area contributed by atoms with Gasteiger partial charge in [-0.05, 0) is 24.3 Å². The van der Waals surface area contributed by atoms with Gasteiger partial charge in [-0.3, -0.25) is 9.97 Å². The number of pyridine rings is 2. The lowest BCUT2D eigenvalue weighted by molar-refractivity contribution is 0.307. The van der Waals surface area contributed by atoms with E-state index in [-0.39, 0.29) is 5.75 Å². The number of rotatable bonds is 4. The number of fused-ring (bicyclic) bond motifs is 1. The molecule has 0 radical (unpaired) electrons. The zero-order chi connectivity index (χ0) is 14.7. The summed E-state index contributed by atoms with van der Waals surface area (Å²) in [5.41, 5.74) is 7.49. The van der Waals surface area contributed by atoms with Crippen LogP contribution in [0.25, 0.3) is 10.9 Å². The highest BCUT2D eigenvalue weighted by atomic mass is 19.1. The van der Waals surface area contributed by atoms with Crippen molar-refractivity contribution < 1.29 is 9.13 Å². The molecule has 4 nitrogen and oxygen atoms in total. The van der Waals surface area contributed by atoms with E-state index >= 15 is 0 Å². The Morgan fingerprint density at radius 1 is 1.10 bits per heavy atom. The van der Waals surface area contributed by atoms with Crippen molar-refractivity contribution in [1.29, 1.82) is 0 Å². The van der Waals surface area contributed by atoms with Crippen molar-refractivity contribution in [3.63, 3.8) is 0 Å². The average Bonchev–Trinajstić information content (AvgIpc) is 2.51. The predicted octanol–water partition coefficient (Wildman–Crippen LogP) is 2.97. The summed E-state index contributed by atoms with van der Waals surface area (Å²) < 4.78 is 19.6. The van der Waals surface area contributed by atoms with Gasteiger partial charge in [-0.1, -0.05) is 6.07 Å². The highest BCUT2D eigenvalue weighted by molar-refractivity contribution is 5.94. The lowest BCUT2D eigenvalue weighted by Gasteiger charge is -2.11. The Morgan fingerprint density at radius 2 is 1.95 bits per heavy atom. The molecule has 5 heteroatoms. The topological polar surface area (TPSA) is 61.0 Å². The third-order valence-corrected chi connectivity index (χ3v) is 3.16. The van der Waals surface area contributed by atoms with E-state index in [2.05, 4.69) is 9.97 Å². The first-order valence-corrected chi connectivity index (χ1v) is 6.61. The molecule has 0 bridgehead atoms. The fourth-order valence-corrected chi connectivity index (χ4v) is 2.15. The molecule has 0 unspecified atom stereocenters. The van der Waals surface area contributed by atoms with E-state index in [1.807, 2.05) is 18.2 Å². The van der Waals surface area contributed by atoms with Gasteiger partial charge < -0.3 is 10.5 Å². The number of benzene rings is 1. The first kappa shape index (κ1) is 13.3. The van der Waals surface area contributed by atoms with Gasteiger partial charge in [0.05, 0.1) is 6.61 Å². The largest absolute Gasteiger partial charge is 0.488 e. The molecule has 106 valence electrons. The molecular formula is C16H14FN3O. The summed E-state index contributed by atoms with van der Waals surface area (Å²) >= 11 is 0. The number of ether oxygens (including phenoxy) is 1. The average molecular weight is 283 g/mol. The molecule has 0 saturated carbocycles. The second kappa shape index (κ2) is 5.75. The quantitative estimate of drug-likeness (QED) is 0.748. The minimum absolute atomic E-state index is 0.135. The minimum Gasteiger partial charge on any atom is -0.488 e. The third kappa shape index (κ3) is 2.76. The fraction of sp³-hybridized carbons (Fsp3) is 0.125. The summed E-state index contributed by atoms with van der Waals surface area (Å²) in [6, 6.07) is 10.5. The molecule has 0 aliphatic rings. The Morgan fingerprint density at radius 3 is 2.76 bits per heavy atom. The van der Waals surface area contributed by atoms with Crippen LogP contribution in [-0.4, -0.2) is 16.6 Å². The molecule has 0 spiro atoms. The Labute approximate surface area is 121 Å². The van der Waals surface area contributed by atoms with E-state index in [1.54, 1.807) is 24.5 Å². The highest BCUT2D eigenvalue weighted by Crippen LogP contribution is 2.31. The van der Waals surface area contributed by atoms with Crippen LogP contribution in [0.1, 0.15) is 5.69 Å². The molecule has 3 aromatic rings. The zero-order valence-electron chi connectivity index (χ0n) is 11.3. The van der Waals surface area contributed by atoms with Crippen LogP contribution in [0.3, 0.4) is 0 Å². The van der Waals surface area contributed by atoms with Gasteiger partial charge in [0.1, 0.15) is 5.52 Å². The van der Waals surface area contributed by atoms with Crippen LogP contribution in [0.4, 0.5) is 10.1 Å². The van der Waals surface area contributed by atoms with Crippen molar-refractivity contribution in [3.05, 3.63) is 60.3 Å². The molecule has 0 amide bonds. The molecule has 1 aromatic carbocycles. The van der Waals surface area contributed by atoms with Crippen molar-refractivity contribution in [3.8, 4) is 5.75 Å². The van der Waals surface area contributed by atoms with Crippen LogP contribution in [-0.2, 0) is 6.42 Å². The number of anilines is 1. The van der Waals surface area contributed by atoms with Crippen LogP contribution < -0.4 is 10.5 Å². The van der Waals surface area contributed by atoms with Gasteiger partial charge in [0.15, 0.2) is 11.6 Å². The number of aromatic nitrogens is 2. The molecular weight excluding hydrogens is 269 g/mol. The molecule has 0 aliphatic heterocycles. The monoisotopic (exact) mass is 283 g/mol. The Balaban J connectivity index is 1.84. The SMILES string of the molecule is Nc1cc(F)c(OCCc2ccccn2)c2ncccc12. The van der Waals surface area contributed by atoms with Gasteiger partial charge in [-0.2, -0.15) is 0 Å². The van der Waals surface area contributed by atoms with Crippen LogP contribution in [0.15, 0.2) is 48.8 Å². The van der Waals surface area contributed by atoms with E-state index in [4.69, 9.17) is 10.5 Å². The second-order valence-corrected chi connectivity index (χ2v) is 4.60. The van der Waals surface area contributed by atoms with Crippen LogP contribution >= 0.6 is 0 Å². The molecule has 21 heavy (non-hydrogen) atoms.